The van der Waals surface area contributed by atoms with Crippen LogP contribution in [-0.2, 0) is 9.47 Å². The Morgan fingerprint density at radius 2 is 2.05 bits per heavy atom. The minimum atomic E-state index is -0.303. The molecular formula is C15H20O4. The topological polar surface area (TPSA) is 44.8 Å². The Balaban J connectivity index is 1.83. The van der Waals surface area contributed by atoms with E-state index in [-0.39, 0.29) is 12.1 Å². The van der Waals surface area contributed by atoms with Crippen molar-refractivity contribution >= 4 is 5.97 Å². The van der Waals surface area contributed by atoms with Crippen molar-refractivity contribution in [3.63, 3.8) is 0 Å². The molecule has 0 N–H and O–H groups in total. The normalized spacial score (nSPS) is 21.6. The van der Waals surface area contributed by atoms with Gasteiger partial charge in [0.2, 0.25) is 0 Å². The Morgan fingerprint density at radius 3 is 2.58 bits per heavy atom. The summed E-state index contributed by atoms with van der Waals surface area (Å²) in [6, 6.07) is 7.00. The predicted octanol–water partition coefficient (Wildman–Crippen LogP) is 2.67. The van der Waals surface area contributed by atoms with E-state index >= 15 is 0 Å². The van der Waals surface area contributed by atoms with Gasteiger partial charge in [-0.05, 0) is 37.6 Å². The molecule has 1 fully saturated rings. The fourth-order valence-corrected chi connectivity index (χ4v) is 2.01. The zero-order chi connectivity index (χ0) is 13.7. The number of carbonyl (C=O) groups excluding carboxylic acids is 1. The monoisotopic (exact) mass is 264 g/mol. The number of hydrogen-bond acceptors (Lipinski definition) is 4. The summed E-state index contributed by atoms with van der Waals surface area (Å²) < 4.78 is 16.0. The molecule has 4 nitrogen and oxygen atoms in total. The van der Waals surface area contributed by atoms with Crippen LogP contribution in [0.25, 0.3) is 0 Å². The number of esters is 1. The summed E-state index contributed by atoms with van der Waals surface area (Å²) in [5, 5.41) is 0. The first-order valence-electron chi connectivity index (χ1n) is 6.76. The summed E-state index contributed by atoms with van der Waals surface area (Å²) in [6.07, 6.45) is 1.32. The third kappa shape index (κ3) is 3.47. The van der Waals surface area contributed by atoms with Gasteiger partial charge in [0.25, 0.3) is 0 Å². The molecule has 0 saturated carbocycles. The third-order valence-electron chi connectivity index (χ3n) is 3.35. The molecule has 0 radical (unpaired) electrons. The first-order valence-corrected chi connectivity index (χ1v) is 6.76. The van der Waals surface area contributed by atoms with E-state index < -0.39 is 0 Å². The number of hydrogen-bond donors (Lipinski definition) is 0. The van der Waals surface area contributed by atoms with Crippen molar-refractivity contribution in [1.29, 1.82) is 0 Å². The van der Waals surface area contributed by atoms with Crippen molar-refractivity contribution in [2.24, 2.45) is 5.92 Å². The molecule has 1 saturated heterocycles. The molecule has 0 spiro atoms. The number of carbonyl (C=O) groups is 1. The van der Waals surface area contributed by atoms with Crippen LogP contribution in [0.5, 0.6) is 5.75 Å². The van der Waals surface area contributed by atoms with E-state index in [9.17, 15) is 4.79 Å². The van der Waals surface area contributed by atoms with Crippen molar-refractivity contribution < 1.29 is 19.0 Å². The third-order valence-corrected chi connectivity index (χ3v) is 3.35. The minimum absolute atomic E-state index is 0.203. The maximum absolute atomic E-state index is 11.5. The van der Waals surface area contributed by atoms with Gasteiger partial charge in [0.05, 0.1) is 24.9 Å². The molecule has 2 atom stereocenters. The number of benzene rings is 1. The van der Waals surface area contributed by atoms with E-state index in [1.54, 1.807) is 31.2 Å². The average Bonchev–Trinajstić information content (AvgIpc) is 2.39. The van der Waals surface area contributed by atoms with E-state index in [0.29, 0.717) is 24.7 Å². The fourth-order valence-electron chi connectivity index (χ4n) is 2.01. The zero-order valence-corrected chi connectivity index (χ0v) is 11.4. The molecule has 4 heteroatoms. The molecule has 0 amide bonds. The summed E-state index contributed by atoms with van der Waals surface area (Å²) in [7, 11) is 0. The first-order chi connectivity index (χ1) is 9.24. The standard InChI is InChI=1S/C15H20O4/c1-3-11-9-19-14(11)10-18-13-7-5-12(6-8-13)15(16)17-4-2/h5-8,11,14H,3-4,9-10H2,1-2H3. The smallest absolute Gasteiger partial charge is 0.338 e. The van der Waals surface area contributed by atoms with E-state index in [1.165, 1.54) is 0 Å². The highest BCUT2D eigenvalue weighted by Gasteiger charge is 2.30. The lowest BCUT2D eigenvalue weighted by atomic mass is 9.96. The second kappa shape index (κ2) is 6.57. The zero-order valence-electron chi connectivity index (χ0n) is 11.4. The van der Waals surface area contributed by atoms with Gasteiger partial charge < -0.3 is 14.2 Å². The maximum atomic E-state index is 11.5. The van der Waals surface area contributed by atoms with Crippen LogP contribution in [0.3, 0.4) is 0 Å². The van der Waals surface area contributed by atoms with Crippen LogP contribution in [0.4, 0.5) is 0 Å². The number of rotatable bonds is 6. The van der Waals surface area contributed by atoms with Crippen LogP contribution in [0.2, 0.25) is 0 Å². The molecule has 0 bridgehead atoms. The van der Waals surface area contributed by atoms with Crippen molar-refractivity contribution in [2.75, 3.05) is 19.8 Å². The second-order valence-electron chi connectivity index (χ2n) is 4.60. The van der Waals surface area contributed by atoms with E-state index in [0.717, 1.165) is 18.8 Å². The van der Waals surface area contributed by atoms with Gasteiger partial charge in [-0.2, -0.15) is 0 Å². The van der Waals surface area contributed by atoms with Gasteiger partial charge in [-0.25, -0.2) is 4.79 Å². The summed E-state index contributed by atoms with van der Waals surface area (Å²) in [5.41, 5.74) is 0.542. The molecule has 19 heavy (non-hydrogen) atoms. The fraction of sp³-hybridized carbons (Fsp3) is 0.533. The summed E-state index contributed by atoms with van der Waals surface area (Å²) in [6.45, 7) is 5.74. The highest BCUT2D eigenvalue weighted by molar-refractivity contribution is 5.89. The molecule has 1 aliphatic heterocycles. The Bertz CT molecular complexity index is 411. The Hall–Kier alpha value is -1.55. The molecule has 104 valence electrons. The average molecular weight is 264 g/mol. The SMILES string of the molecule is CCOC(=O)c1ccc(OCC2OCC2CC)cc1. The van der Waals surface area contributed by atoms with E-state index in [2.05, 4.69) is 6.92 Å². The quantitative estimate of drug-likeness (QED) is 0.741. The molecule has 1 aliphatic rings. The van der Waals surface area contributed by atoms with Crippen molar-refractivity contribution in [2.45, 2.75) is 26.4 Å². The van der Waals surface area contributed by atoms with Crippen LogP contribution in [0.15, 0.2) is 24.3 Å². The van der Waals surface area contributed by atoms with Gasteiger partial charge in [-0.1, -0.05) is 6.92 Å². The summed E-state index contributed by atoms with van der Waals surface area (Å²) in [4.78, 5) is 11.5. The van der Waals surface area contributed by atoms with Crippen LogP contribution >= 0.6 is 0 Å². The molecule has 2 unspecified atom stereocenters. The van der Waals surface area contributed by atoms with Crippen LogP contribution in [0.1, 0.15) is 30.6 Å². The van der Waals surface area contributed by atoms with Gasteiger partial charge in [0.1, 0.15) is 12.4 Å². The van der Waals surface area contributed by atoms with Crippen LogP contribution in [0, 0.1) is 5.92 Å². The summed E-state index contributed by atoms with van der Waals surface area (Å²) in [5.74, 6) is 1.06. The lowest BCUT2D eigenvalue weighted by molar-refractivity contribution is -0.131. The van der Waals surface area contributed by atoms with Crippen molar-refractivity contribution in [3.8, 4) is 5.75 Å². The van der Waals surface area contributed by atoms with Gasteiger partial charge in [0, 0.05) is 5.92 Å². The first kappa shape index (κ1) is 13.9. The molecule has 0 aromatic heterocycles. The lowest BCUT2D eigenvalue weighted by Crippen LogP contribution is -2.43. The minimum Gasteiger partial charge on any atom is -0.491 e. The van der Waals surface area contributed by atoms with Crippen LogP contribution < -0.4 is 4.74 Å². The maximum Gasteiger partial charge on any atom is 0.338 e. The van der Waals surface area contributed by atoms with Crippen molar-refractivity contribution in [3.05, 3.63) is 29.8 Å². The Labute approximate surface area is 113 Å². The molecule has 2 rings (SSSR count). The Kier molecular flexibility index (Phi) is 4.80. The van der Waals surface area contributed by atoms with Gasteiger partial charge in [-0.3, -0.25) is 0 Å². The van der Waals surface area contributed by atoms with E-state index in [1.807, 2.05) is 0 Å². The van der Waals surface area contributed by atoms with E-state index in [4.69, 9.17) is 14.2 Å². The van der Waals surface area contributed by atoms with Crippen molar-refractivity contribution in [1.82, 2.24) is 0 Å². The lowest BCUT2D eigenvalue weighted by Gasteiger charge is -2.35. The Morgan fingerprint density at radius 1 is 1.32 bits per heavy atom. The molecule has 0 aliphatic carbocycles. The molecule has 1 aromatic rings. The summed E-state index contributed by atoms with van der Waals surface area (Å²) >= 11 is 0. The molecule has 1 aromatic carbocycles. The highest BCUT2D eigenvalue weighted by Crippen LogP contribution is 2.24. The number of ether oxygens (including phenoxy) is 3. The van der Waals surface area contributed by atoms with Crippen LogP contribution in [-0.4, -0.2) is 31.9 Å². The highest BCUT2D eigenvalue weighted by atomic mass is 16.5. The van der Waals surface area contributed by atoms with Gasteiger partial charge >= 0.3 is 5.97 Å². The molecular weight excluding hydrogens is 244 g/mol. The second-order valence-corrected chi connectivity index (χ2v) is 4.60. The van der Waals surface area contributed by atoms with Gasteiger partial charge in [0.15, 0.2) is 0 Å². The largest absolute Gasteiger partial charge is 0.491 e. The van der Waals surface area contributed by atoms with Gasteiger partial charge in [-0.15, -0.1) is 0 Å². The predicted molar refractivity (Wildman–Crippen MR) is 71.4 cm³/mol. The molecule has 1 heterocycles.